The zero-order chi connectivity index (χ0) is 14.4. The Labute approximate surface area is 121 Å². The van der Waals surface area contributed by atoms with E-state index in [1.165, 1.54) is 25.9 Å². The summed E-state index contributed by atoms with van der Waals surface area (Å²) in [5.74, 6) is 2.01. The van der Waals surface area contributed by atoms with Crippen molar-refractivity contribution in [1.29, 1.82) is 0 Å². The topological polar surface area (TPSA) is 58.7 Å². The maximum atomic E-state index is 9.43. The maximum Gasteiger partial charge on any atom is 0.122 e. The van der Waals surface area contributed by atoms with E-state index in [1.54, 1.807) is 18.2 Å². The van der Waals surface area contributed by atoms with Gasteiger partial charge < -0.3 is 20.5 Å². The van der Waals surface area contributed by atoms with Crippen LogP contribution in [0.25, 0.3) is 0 Å². The smallest absolute Gasteiger partial charge is 0.122 e. The van der Waals surface area contributed by atoms with Crippen molar-refractivity contribution in [2.24, 2.45) is 17.6 Å². The van der Waals surface area contributed by atoms with Crippen LogP contribution >= 0.6 is 0 Å². The molecule has 112 valence electrons. The van der Waals surface area contributed by atoms with Gasteiger partial charge >= 0.3 is 0 Å². The molecule has 1 unspecified atom stereocenters. The quantitative estimate of drug-likeness (QED) is 0.836. The van der Waals surface area contributed by atoms with Gasteiger partial charge in [-0.1, -0.05) is 13.0 Å². The lowest BCUT2D eigenvalue weighted by Crippen LogP contribution is -2.39. The van der Waals surface area contributed by atoms with Crippen molar-refractivity contribution >= 4 is 0 Å². The Balaban J connectivity index is 1.83. The number of hydrogen-bond donors (Lipinski definition) is 2. The number of phenols is 1. The summed E-state index contributed by atoms with van der Waals surface area (Å²) in [5.41, 5.74) is 5.92. The highest BCUT2D eigenvalue weighted by Gasteiger charge is 2.25. The molecule has 1 aromatic carbocycles. The summed E-state index contributed by atoms with van der Waals surface area (Å²) in [7, 11) is 0. The van der Waals surface area contributed by atoms with Gasteiger partial charge in [0.1, 0.15) is 11.5 Å². The lowest BCUT2D eigenvalue weighted by Gasteiger charge is -2.35. The molecule has 0 spiro atoms. The molecule has 3 N–H and O–H groups in total. The van der Waals surface area contributed by atoms with Gasteiger partial charge in [-0.25, -0.2) is 0 Å². The molecule has 1 aromatic rings. The van der Waals surface area contributed by atoms with E-state index in [1.807, 2.05) is 6.07 Å². The number of phenolic OH excluding ortho intramolecular Hbond substituents is 1. The van der Waals surface area contributed by atoms with Crippen LogP contribution in [0.2, 0.25) is 0 Å². The fourth-order valence-corrected chi connectivity index (χ4v) is 2.91. The van der Waals surface area contributed by atoms with Crippen LogP contribution in [0.1, 0.15) is 19.8 Å². The van der Waals surface area contributed by atoms with Crippen LogP contribution in [0.5, 0.6) is 11.5 Å². The Morgan fingerprint density at radius 3 is 2.75 bits per heavy atom. The standard InChI is InChI=1S/C16H26N2O2/c1-2-18-8-6-13(7-9-18)14(11-17)12-20-16-5-3-4-15(19)10-16/h3-5,10,13-14,19H,2,6-9,11-12,17H2,1H3. The minimum Gasteiger partial charge on any atom is -0.508 e. The van der Waals surface area contributed by atoms with Crippen LogP contribution in [0.15, 0.2) is 24.3 Å². The van der Waals surface area contributed by atoms with Crippen molar-refractivity contribution in [3.63, 3.8) is 0 Å². The molecule has 0 amide bonds. The van der Waals surface area contributed by atoms with E-state index < -0.39 is 0 Å². The first-order valence-corrected chi connectivity index (χ1v) is 7.57. The molecule has 1 fully saturated rings. The molecule has 4 heteroatoms. The van der Waals surface area contributed by atoms with Gasteiger partial charge in [0, 0.05) is 12.0 Å². The summed E-state index contributed by atoms with van der Waals surface area (Å²) in [6, 6.07) is 6.95. The summed E-state index contributed by atoms with van der Waals surface area (Å²) in [6.07, 6.45) is 2.41. The molecule has 0 aromatic heterocycles. The van der Waals surface area contributed by atoms with Gasteiger partial charge in [0.2, 0.25) is 0 Å². The van der Waals surface area contributed by atoms with E-state index >= 15 is 0 Å². The number of likely N-dealkylation sites (tertiary alicyclic amines) is 1. The predicted molar refractivity (Wildman–Crippen MR) is 81.0 cm³/mol. The Morgan fingerprint density at radius 2 is 2.15 bits per heavy atom. The molecule has 0 aliphatic carbocycles. The van der Waals surface area contributed by atoms with Crippen molar-refractivity contribution < 1.29 is 9.84 Å². The summed E-state index contributed by atoms with van der Waals surface area (Å²) in [5, 5.41) is 9.43. The number of rotatable bonds is 6. The second kappa shape index (κ2) is 7.50. The molecule has 2 rings (SSSR count). The van der Waals surface area contributed by atoms with E-state index in [2.05, 4.69) is 11.8 Å². The predicted octanol–water partition coefficient (Wildman–Crippen LogP) is 2.08. The van der Waals surface area contributed by atoms with Crippen molar-refractivity contribution in [2.75, 3.05) is 32.8 Å². The lowest BCUT2D eigenvalue weighted by atomic mass is 9.84. The number of aromatic hydroxyl groups is 1. The average Bonchev–Trinajstić information content (AvgIpc) is 2.48. The highest BCUT2D eigenvalue weighted by Crippen LogP contribution is 2.26. The molecule has 1 atom stereocenters. The summed E-state index contributed by atoms with van der Waals surface area (Å²) in [4.78, 5) is 2.49. The molecular formula is C16H26N2O2. The van der Waals surface area contributed by atoms with E-state index in [-0.39, 0.29) is 5.75 Å². The molecule has 0 saturated carbocycles. The summed E-state index contributed by atoms with van der Waals surface area (Å²) >= 11 is 0. The van der Waals surface area contributed by atoms with Gasteiger partial charge in [0.25, 0.3) is 0 Å². The third-order valence-corrected chi connectivity index (χ3v) is 4.33. The second-order valence-corrected chi connectivity index (χ2v) is 5.58. The average molecular weight is 278 g/mol. The van der Waals surface area contributed by atoms with Gasteiger partial charge in [-0.3, -0.25) is 0 Å². The Morgan fingerprint density at radius 1 is 1.40 bits per heavy atom. The molecule has 1 heterocycles. The number of nitrogens with zero attached hydrogens (tertiary/aromatic N) is 1. The van der Waals surface area contributed by atoms with E-state index in [9.17, 15) is 5.11 Å². The Hall–Kier alpha value is -1.26. The van der Waals surface area contributed by atoms with Gasteiger partial charge in [-0.2, -0.15) is 0 Å². The van der Waals surface area contributed by atoms with Gasteiger partial charge in [-0.05, 0) is 57.1 Å². The van der Waals surface area contributed by atoms with Crippen LogP contribution in [-0.2, 0) is 0 Å². The van der Waals surface area contributed by atoms with Crippen LogP contribution in [0.4, 0.5) is 0 Å². The van der Waals surface area contributed by atoms with Crippen molar-refractivity contribution in [3.8, 4) is 11.5 Å². The largest absolute Gasteiger partial charge is 0.508 e. The fourth-order valence-electron chi connectivity index (χ4n) is 2.91. The molecule has 1 aliphatic heterocycles. The van der Waals surface area contributed by atoms with Crippen LogP contribution < -0.4 is 10.5 Å². The second-order valence-electron chi connectivity index (χ2n) is 5.58. The normalized spacial score (nSPS) is 18.9. The first-order valence-electron chi connectivity index (χ1n) is 7.57. The number of piperidine rings is 1. The van der Waals surface area contributed by atoms with Gasteiger partial charge in [-0.15, -0.1) is 0 Å². The molecular weight excluding hydrogens is 252 g/mol. The Kier molecular flexibility index (Phi) is 5.68. The first kappa shape index (κ1) is 15.1. The lowest BCUT2D eigenvalue weighted by molar-refractivity contribution is 0.121. The molecule has 20 heavy (non-hydrogen) atoms. The number of nitrogens with two attached hydrogens (primary N) is 1. The SMILES string of the molecule is CCN1CCC(C(CN)COc2cccc(O)c2)CC1. The first-order chi connectivity index (χ1) is 9.72. The fraction of sp³-hybridized carbons (Fsp3) is 0.625. The molecule has 1 saturated heterocycles. The molecule has 0 radical (unpaired) electrons. The van der Waals surface area contributed by atoms with Gasteiger partial charge in [0.15, 0.2) is 0 Å². The van der Waals surface area contributed by atoms with Crippen molar-refractivity contribution in [1.82, 2.24) is 4.90 Å². The molecule has 1 aliphatic rings. The number of benzene rings is 1. The Bertz CT molecular complexity index is 403. The third-order valence-electron chi connectivity index (χ3n) is 4.33. The van der Waals surface area contributed by atoms with E-state index in [0.29, 0.717) is 25.0 Å². The maximum absolute atomic E-state index is 9.43. The zero-order valence-electron chi connectivity index (χ0n) is 12.3. The highest BCUT2D eigenvalue weighted by molar-refractivity contribution is 5.31. The molecule has 4 nitrogen and oxygen atoms in total. The van der Waals surface area contributed by atoms with Crippen molar-refractivity contribution in [2.45, 2.75) is 19.8 Å². The third kappa shape index (κ3) is 4.12. The minimum atomic E-state index is 0.239. The van der Waals surface area contributed by atoms with Crippen LogP contribution in [0, 0.1) is 11.8 Å². The van der Waals surface area contributed by atoms with Crippen molar-refractivity contribution in [3.05, 3.63) is 24.3 Å². The minimum absolute atomic E-state index is 0.239. The van der Waals surface area contributed by atoms with E-state index in [4.69, 9.17) is 10.5 Å². The number of ether oxygens (including phenoxy) is 1. The van der Waals surface area contributed by atoms with Gasteiger partial charge in [0.05, 0.1) is 6.61 Å². The summed E-state index contributed by atoms with van der Waals surface area (Å²) < 4.78 is 5.79. The number of hydrogen-bond acceptors (Lipinski definition) is 4. The summed E-state index contributed by atoms with van der Waals surface area (Å²) in [6.45, 7) is 6.99. The van der Waals surface area contributed by atoms with Crippen LogP contribution in [0.3, 0.4) is 0 Å². The monoisotopic (exact) mass is 278 g/mol. The highest BCUT2D eigenvalue weighted by atomic mass is 16.5. The molecule has 0 bridgehead atoms. The van der Waals surface area contributed by atoms with Crippen LogP contribution in [-0.4, -0.2) is 42.8 Å². The zero-order valence-corrected chi connectivity index (χ0v) is 12.3. The van der Waals surface area contributed by atoms with E-state index in [0.717, 1.165) is 12.3 Å².